The Balaban J connectivity index is 1.60. The average Bonchev–Trinajstić information content (AvgIpc) is 3.11. The van der Waals surface area contributed by atoms with E-state index < -0.39 is 12.1 Å². The third-order valence-electron chi connectivity index (χ3n) is 3.95. The summed E-state index contributed by atoms with van der Waals surface area (Å²) >= 11 is 0. The standard InChI is InChI=1S/C15H19FN6O2/c1-9-4-12(24-21-9)8-22-7-10(16)5-11(22)6-20-15(23)13-14(17)19-3-2-18-13/h2-4,10-11H,5-8H2,1H3,(H2,17,19)(H,20,23)/t10-,11-/m0/s1. The van der Waals surface area contributed by atoms with Crippen molar-refractivity contribution >= 4 is 11.7 Å². The molecular weight excluding hydrogens is 315 g/mol. The Labute approximate surface area is 138 Å². The van der Waals surface area contributed by atoms with Crippen LogP contribution in [0.15, 0.2) is 23.0 Å². The van der Waals surface area contributed by atoms with Gasteiger partial charge in [-0.15, -0.1) is 0 Å². The maximum atomic E-state index is 13.8. The summed E-state index contributed by atoms with van der Waals surface area (Å²) < 4.78 is 19.0. The first kappa shape index (κ1) is 16.3. The number of alkyl halides is 1. The lowest BCUT2D eigenvalue weighted by atomic mass is 10.2. The van der Waals surface area contributed by atoms with Crippen molar-refractivity contribution in [2.75, 3.05) is 18.8 Å². The van der Waals surface area contributed by atoms with Gasteiger partial charge in [-0.1, -0.05) is 5.16 Å². The molecule has 1 amide bonds. The highest BCUT2D eigenvalue weighted by molar-refractivity contribution is 5.96. The first-order valence-electron chi connectivity index (χ1n) is 7.68. The van der Waals surface area contributed by atoms with Gasteiger partial charge in [0.1, 0.15) is 6.17 Å². The van der Waals surface area contributed by atoms with E-state index in [1.165, 1.54) is 12.4 Å². The fourth-order valence-electron chi connectivity index (χ4n) is 2.84. The lowest BCUT2D eigenvalue weighted by molar-refractivity contribution is 0.0934. The summed E-state index contributed by atoms with van der Waals surface area (Å²) in [4.78, 5) is 21.8. The van der Waals surface area contributed by atoms with Gasteiger partial charge in [-0.3, -0.25) is 9.69 Å². The first-order valence-corrected chi connectivity index (χ1v) is 7.68. The van der Waals surface area contributed by atoms with Gasteiger partial charge >= 0.3 is 0 Å². The number of anilines is 1. The van der Waals surface area contributed by atoms with Crippen LogP contribution in [-0.2, 0) is 6.54 Å². The van der Waals surface area contributed by atoms with E-state index in [0.717, 1.165) is 5.69 Å². The molecule has 9 heteroatoms. The van der Waals surface area contributed by atoms with Crippen LogP contribution < -0.4 is 11.1 Å². The van der Waals surface area contributed by atoms with Gasteiger partial charge in [-0.2, -0.15) is 0 Å². The first-order chi connectivity index (χ1) is 11.5. The van der Waals surface area contributed by atoms with Gasteiger partial charge < -0.3 is 15.6 Å². The monoisotopic (exact) mass is 334 g/mol. The number of amides is 1. The molecule has 0 aromatic carbocycles. The number of nitrogen functional groups attached to an aromatic ring is 1. The Hall–Kier alpha value is -2.55. The SMILES string of the molecule is Cc1cc(CN2C[C@@H](F)C[C@H]2CNC(=O)c2nccnc2N)on1. The van der Waals surface area contributed by atoms with Crippen LogP contribution in [0.1, 0.15) is 28.4 Å². The number of hydrogen-bond acceptors (Lipinski definition) is 7. The van der Waals surface area contributed by atoms with Crippen molar-refractivity contribution in [2.24, 2.45) is 0 Å². The molecule has 0 bridgehead atoms. The van der Waals surface area contributed by atoms with Crippen LogP contribution in [0.25, 0.3) is 0 Å². The molecule has 0 spiro atoms. The number of aryl methyl sites for hydroxylation is 1. The molecule has 1 saturated heterocycles. The Morgan fingerprint density at radius 1 is 1.50 bits per heavy atom. The highest BCUT2D eigenvalue weighted by atomic mass is 19.1. The molecule has 1 fully saturated rings. The van der Waals surface area contributed by atoms with Gasteiger partial charge in [0, 0.05) is 37.6 Å². The third kappa shape index (κ3) is 3.67. The minimum Gasteiger partial charge on any atom is -0.382 e. The lowest BCUT2D eigenvalue weighted by Gasteiger charge is -2.22. The van der Waals surface area contributed by atoms with Crippen molar-refractivity contribution < 1.29 is 13.7 Å². The third-order valence-corrected chi connectivity index (χ3v) is 3.95. The largest absolute Gasteiger partial charge is 0.382 e. The van der Waals surface area contributed by atoms with Gasteiger partial charge in [-0.25, -0.2) is 14.4 Å². The Bertz CT molecular complexity index is 721. The van der Waals surface area contributed by atoms with Gasteiger partial charge in [0.15, 0.2) is 17.3 Å². The van der Waals surface area contributed by atoms with E-state index in [9.17, 15) is 9.18 Å². The van der Waals surface area contributed by atoms with Gasteiger partial charge in [0.05, 0.1) is 12.2 Å². The van der Waals surface area contributed by atoms with Crippen molar-refractivity contribution in [3.8, 4) is 0 Å². The second kappa shape index (κ2) is 6.91. The molecule has 3 N–H and O–H groups in total. The Morgan fingerprint density at radius 3 is 3.00 bits per heavy atom. The molecule has 1 aliphatic heterocycles. The second-order valence-electron chi connectivity index (χ2n) is 5.85. The molecule has 2 aromatic rings. The number of hydrogen-bond donors (Lipinski definition) is 2. The number of nitrogens with zero attached hydrogens (tertiary/aromatic N) is 4. The summed E-state index contributed by atoms with van der Waals surface area (Å²) in [6.07, 6.45) is 2.23. The summed E-state index contributed by atoms with van der Waals surface area (Å²) in [5.74, 6) is 0.327. The number of aromatic nitrogens is 3. The number of halogens is 1. The molecule has 0 saturated carbocycles. The summed E-state index contributed by atoms with van der Waals surface area (Å²) in [5, 5.41) is 6.58. The van der Waals surface area contributed by atoms with Crippen molar-refractivity contribution in [3.05, 3.63) is 35.6 Å². The molecule has 3 rings (SSSR count). The van der Waals surface area contributed by atoms with E-state index >= 15 is 0 Å². The Kier molecular flexibility index (Phi) is 4.70. The lowest BCUT2D eigenvalue weighted by Crippen LogP contribution is -2.40. The maximum Gasteiger partial charge on any atom is 0.273 e. The van der Waals surface area contributed by atoms with Crippen molar-refractivity contribution in [3.63, 3.8) is 0 Å². The number of carbonyl (C=O) groups is 1. The zero-order valence-corrected chi connectivity index (χ0v) is 13.3. The minimum absolute atomic E-state index is 0.0683. The highest BCUT2D eigenvalue weighted by Gasteiger charge is 2.33. The van der Waals surface area contributed by atoms with E-state index in [1.54, 1.807) is 0 Å². The zero-order chi connectivity index (χ0) is 17.1. The number of likely N-dealkylation sites (tertiary alicyclic amines) is 1. The van der Waals surface area contributed by atoms with Crippen LogP contribution in [0.5, 0.6) is 0 Å². The summed E-state index contributed by atoms with van der Waals surface area (Å²) in [5.41, 5.74) is 6.49. The predicted molar refractivity (Wildman–Crippen MR) is 83.7 cm³/mol. The molecule has 24 heavy (non-hydrogen) atoms. The maximum absolute atomic E-state index is 13.8. The van der Waals surface area contributed by atoms with Gasteiger partial charge in [0.2, 0.25) is 0 Å². The second-order valence-corrected chi connectivity index (χ2v) is 5.85. The van der Waals surface area contributed by atoms with Crippen molar-refractivity contribution in [2.45, 2.75) is 32.1 Å². The van der Waals surface area contributed by atoms with Crippen LogP contribution in [-0.4, -0.2) is 51.2 Å². The normalized spacial score (nSPS) is 21.1. The number of nitrogens with two attached hydrogens (primary N) is 1. The van der Waals surface area contributed by atoms with E-state index in [0.29, 0.717) is 31.8 Å². The molecule has 2 atom stereocenters. The zero-order valence-electron chi connectivity index (χ0n) is 13.3. The average molecular weight is 334 g/mol. The molecular formula is C15H19FN6O2. The number of carbonyl (C=O) groups excluding carboxylic acids is 1. The van der Waals surface area contributed by atoms with Crippen LogP contribution in [0, 0.1) is 6.92 Å². The fourth-order valence-corrected chi connectivity index (χ4v) is 2.84. The topological polar surface area (TPSA) is 110 Å². The summed E-state index contributed by atoms with van der Waals surface area (Å²) in [7, 11) is 0. The van der Waals surface area contributed by atoms with E-state index in [4.69, 9.17) is 10.3 Å². The molecule has 0 radical (unpaired) electrons. The smallest absolute Gasteiger partial charge is 0.273 e. The van der Waals surface area contributed by atoms with Crippen LogP contribution in [0.2, 0.25) is 0 Å². The molecule has 0 aliphatic carbocycles. The Morgan fingerprint density at radius 2 is 2.29 bits per heavy atom. The predicted octanol–water partition coefficient (Wildman–Crippen LogP) is 0.698. The minimum atomic E-state index is -0.933. The van der Waals surface area contributed by atoms with Crippen molar-refractivity contribution in [1.82, 2.24) is 25.3 Å². The van der Waals surface area contributed by atoms with Crippen LogP contribution >= 0.6 is 0 Å². The molecule has 1 aliphatic rings. The highest BCUT2D eigenvalue weighted by Crippen LogP contribution is 2.22. The van der Waals surface area contributed by atoms with Crippen LogP contribution in [0.3, 0.4) is 0 Å². The fraction of sp³-hybridized carbons (Fsp3) is 0.467. The van der Waals surface area contributed by atoms with E-state index in [1.807, 2.05) is 17.9 Å². The molecule has 0 unspecified atom stereocenters. The van der Waals surface area contributed by atoms with E-state index in [2.05, 4.69) is 20.4 Å². The van der Waals surface area contributed by atoms with E-state index in [-0.39, 0.29) is 17.6 Å². The van der Waals surface area contributed by atoms with Crippen LogP contribution in [0.4, 0.5) is 10.2 Å². The number of rotatable bonds is 5. The molecule has 128 valence electrons. The summed E-state index contributed by atoms with van der Waals surface area (Å²) in [6.45, 7) is 2.88. The summed E-state index contributed by atoms with van der Waals surface area (Å²) in [6, 6.07) is 1.69. The van der Waals surface area contributed by atoms with Gasteiger partial charge in [-0.05, 0) is 13.3 Å². The molecule has 2 aromatic heterocycles. The quantitative estimate of drug-likeness (QED) is 0.828. The van der Waals surface area contributed by atoms with Crippen molar-refractivity contribution in [1.29, 1.82) is 0 Å². The molecule has 8 nitrogen and oxygen atoms in total. The number of nitrogens with one attached hydrogen (secondary N) is 1. The van der Waals surface area contributed by atoms with Gasteiger partial charge in [0.25, 0.3) is 5.91 Å². The molecule has 3 heterocycles.